The van der Waals surface area contributed by atoms with Crippen LogP contribution in [0, 0.1) is 0 Å². The van der Waals surface area contributed by atoms with Crippen LogP contribution in [0.3, 0.4) is 0 Å². The predicted molar refractivity (Wildman–Crippen MR) is 551 cm³/mol. The fourth-order valence-corrected chi connectivity index (χ4v) is 21.7. The van der Waals surface area contributed by atoms with E-state index in [0.717, 1.165) is 28.4 Å². The van der Waals surface area contributed by atoms with Crippen LogP contribution in [0.15, 0.2) is 449 Å². The molecule has 130 heavy (non-hydrogen) atoms. The standard InChI is InChI=1S/2C64H49N/c1-63(2)58-38-49(46-26-22-44(23-27-46)42-14-7-5-8-15-42)30-34-54(58)56-36-32-51(40-60(56)63)65(62-21-13-19-48-18-11-12-20-53(48)62)52-33-37-57-55-35-31-50(39-59(55)64(3,4)61(57)41-52)47-28-24-45(25-29-47)43-16-9-6-10-17-43;1-63(2)59-38-50(47-23-19-45(20-24-47)42-13-7-5-8-14-42)28-33-55(59)57-35-31-53(40-61(57)63)65(52-30-27-44-17-11-12-18-49(44)37-52)54-32-36-58-56-34-29-51(39-60(56)64(3,4)62(58)41-54)48-25-21-46(22-26-48)43-15-9-6-10-16-43/h2*5-41H,1-4H3. The fraction of sp³-hybridized carbons (Fsp3) is 0.0938. The number of nitrogens with zero attached hydrogens (tertiary/aromatic N) is 2. The molecule has 0 radical (unpaired) electrons. The Hall–Kier alpha value is -15.5. The van der Waals surface area contributed by atoms with E-state index in [-0.39, 0.29) is 21.7 Å². The van der Waals surface area contributed by atoms with Crippen LogP contribution >= 0.6 is 0 Å². The number of benzene rings is 20. The Kier molecular flexibility index (Phi) is 19.0. The molecule has 0 aromatic heterocycles. The van der Waals surface area contributed by atoms with E-state index in [1.165, 1.54) is 205 Å². The molecule has 4 aliphatic rings. The molecular formula is C128H98N2. The Morgan fingerprint density at radius 1 is 0.138 bits per heavy atom. The molecule has 20 aromatic carbocycles. The Balaban J connectivity index is 0.000000148. The smallest absolute Gasteiger partial charge is 0.0540 e. The molecule has 620 valence electrons. The Morgan fingerprint density at radius 3 is 0.654 bits per heavy atom. The van der Waals surface area contributed by atoms with Crippen molar-refractivity contribution in [3.8, 4) is 134 Å². The number of hydrogen-bond donors (Lipinski definition) is 0. The van der Waals surface area contributed by atoms with Crippen molar-refractivity contribution in [3.63, 3.8) is 0 Å². The van der Waals surface area contributed by atoms with E-state index in [9.17, 15) is 0 Å². The van der Waals surface area contributed by atoms with Crippen molar-refractivity contribution in [2.75, 3.05) is 9.80 Å². The first-order valence-electron chi connectivity index (χ1n) is 45.8. The van der Waals surface area contributed by atoms with Gasteiger partial charge in [-0.05, 0) is 285 Å². The summed E-state index contributed by atoms with van der Waals surface area (Å²) in [6.07, 6.45) is 0. The highest BCUT2D eigenvalue weighted by molar-refractivity contribution is 6.01. The summed E-state index contributed by atoms with van der Waals surface area (Å²) in [4.78, 5) is 4.98. The topological polar surface area (TPSA) is 6.48 Å². The molecule has 0 bridgehead atoms. The molecule has 0 amide bonds. The quantitative estimate of drug-likeness (QED) is 0.107. The molecule has 0 saturated carbocycles. The van der Waals surface area contributed by atoms with Crippen LogP contribution in [0.4, 0.5) is 34.1 Å². The summed E-state index contributed by atoms with van der Waals surface area (Å²) in [7, 11) is 0. The lowest BCUT2D eigenvalue weighted by Gasteiger charge is -2.30. The van der Waals surface area contributed by atoms with Crippen molar-refractivity contribution >= 4 is 55.7 Å². The monoisotopic (exact) mass is 1660 g/mol. The number of anilines is 6. The normalized spacial score (nSPS) is 13.8. The first-order chi connectivity index (χ1) is 63.4. The minimum Gasteiger partial charge on any atom is -0.310 e. The number of rotatable bonds is 14. The van der Waals surface area contributed by atoms with E-state index < -0.39 is 0 Å². The van der Waals surface area contributed by atoms with Gasteiger partial charge in [0.1, 0.15) is 0 Å². The minimum absolute atomic E-state index is 0.198. The SMILES string of the molecule is CC1(C)c2cc(-c3ccc(-c4ccccc4)cc3)ccc2-c2ccc(N(c3ccc4c(c3)C(C)(C)c3cc(-c5ccc(-c6ccccc6)cc5)ccc3-4)c3ccc4ccccc4c3)cc21.CC1(C)c2cc(-c3ccc(-c4ccccc4)cc3)ccc2-c2ccc(N(c3ccc4c(c3)C(C)(C)c3cc(-c5ccc(-c6ccccc6)cc5)ccc3-4)c3cccc4ccccc34)cc21. The molecule has 0 heterocycles. The molecule has 0 saturated heterocycles. The van der Waals surface area contributed by atoms with Crippen molar-refractivity contribution in [3.05, 3.63) is 493 Å². The zero-order chi connectivity index (χ0) is 87.7. The van der Waals surface area contributed by atoms with Gasteiger partial charge in [0.15, 0.2) is 0 Å². The molecule has 0 spiro atoms. The largest absolute Gasteiger partial charge is 0.310 e. The first kappa shape index (κ1) is 79.2. The molecule has 0 fully saturated rings. The van der Waals surface area contributed by atoms with Crippen molar-refractivity contribution in [2.45, 2.75) is 77.0 Å². The molecule has 0 N–H and O–H groups in total. The van der Waals surface area contributed by atoms with Gasteiger partial charge in [-0.25, -0.2) is 0 Å². The lowest BCUT2D eigenvalue weighted by atomic mass is 9.81. The zero-order valence-corrected chi connectivity index (χ0v) is 74.6. The van der Waals surface area contributed by atoms with Gasteiger partial charge in [0, 0.05) is 55.5 Å². The molecular weight excluding hydrogens is 1570 g/mol. The van der Waals surface area contributed by atoms with Crippen LogP contribution in [0.5, 0.6) is 0 Å². The van der Waals surface area contributed by atoms with Crippen LogP contribution in [0.2, 0.25) is 0 Å². The summed E-state index contributed by atoms with van der Waals surface area (Å²) in [5.41, 5.74) is 47.4. The summed E-state index contributed by atoms with van der Waals surface area (Å²) >= 11 is 0. The second-order valence-electron chi connectivity index (χ2n) is 37.9. The Labute approximate surface area is 764 Å². The van der Waals surface area contributed by atoms with Crippen LogP contribution < -0.4 is 9.80 Å². The van der Waals surface area contributed by atoms with Gasteiger partial charge in [-0.3, -0.25) is 0 Å². The average molecular weight is 1660 g/mol. The van der Waals surface area contributed by atoms with Crippen molar-refractivity contribution < 1.29 is 0 Å². The molecule has 0 aliphatic heterocycles. The summed E-state index contributed by atoms with van der Waals surface area (Å²) < 4.78 is 0. The van der Waals surface area contributed by atoms with Gasteiger partial charge in [0.25, 0.3) is 0 Å². The van der Waals surface area contributed by atoms with Gasteiger partial charge in [-0.1, -0.05) is 413 Å². The lowest BCUT2D eigenvalue weighted by molar-refractivity contribution is 0.660. The lowest BCUT2D eigenvalue weighted by Crippen LogP contribution is -2.18. The Bertz CT molecular complexity index is 7430. The van der Waals surface area contributed by atoms with Gasteiger partial charge < -0.3 is 9.80 Å². The molecule has 4 aliphatic carbocycles. The molecule has 20 aromatic rings. The highest BCUT2D eigenvalue weighted by Crippen LogP contribution is 2.58. The van der Waals surface area contributed by atoms with Crippen molar-refractivity contribution in [2.24, 2.45) is 0 Å². The molecule has 2 heteroatoms. The average Bonchev–Trinajstić information content (AvgIpc) is 1.58. The highest BCUT2D eigenvalue weighted by Gasteiger charge is 2.42. The maximum Gasteiger partial charge on any atom is 0.0540 e. The van der Waals surface area contributed by atoms with Gasteiger partial charge in [0.2, 0.25) is 0 Å². The van der Waals surface area contributed by atoms with Crippen LogP contribution in [-0.2, 0) is 21.7 Å². The molecule has 2 nitrogen and oxygen atoms in total. The zero-order valence-electron chi connectivity index (χ0n) is 74.6. The third-order valence-electron chi connectivity index (χ3n) is 29.0. The molecule has 24 rings (SSSR count). The van der Waals surface area contributed by atoms with E-state index in [2.05, 4.69) is 514 Å². The second kappa shape index (κ2) is 31.2. The van der Waals surface area contributed by atoms with Crippen molar-refractivity contribution in [1.29, 1.82) is 0 Å². The third-order valence-corrected chi connectivity index (χ3v) is 29.0. The number of fused-ring (bicyclic) bond motifs is 14. The van der Waals surface area contributed by atoms with Crippen molar-refractivity contribution in [1.82, 2.24) is 0 Å². The summed E-state index contributed by atoms with van der Waals surface area (Å²) in [6, 6.07) is 167. The van der Waals surface area contributed by atoms with Crippen LogP contribution in [-0.4, -0.2) is 0 Å². The maximum absolute atomic E-state index is 2.50. The summed E-state index contributed by atoms with van der Waals surface area (Å²) in [5, 5.41) is 4.92. The molecule has 0 atom stereocenters. The fourth-order valence-electron chi connectivity index (χ4n) is 21.7. The number of hydrogen-bond acceptors (Lipinski definition) is 2. The van der Waals surface area contributed by atoms with Gasteiger partial charge in [-0.15, -0.1) is 0 Å². The van der Waals surface area contributed by atoms with E-state index in [1.54, 1.807) is 0 Å². The predicted octanol–water partition coefficient (Wildman–Crippen LogP) is 35.2. The summed E-state index contributed by atoms with van der Waals surface area (Å²) in [5.74, 6) is 0. The van der Waals surface area contributed by atoms with E-state index >= 15 is 0 Å². The van der Waals surface area contributed by atoms with Crippen LogP contribution in [0.25, 0.3) is 155 Å². The van der Waals surface area contributed by atoms with Gasteiger partial charge in [0.05, 0.1) is 5.69 Å². The maximum atomic E-state index is 2.50. The van der Waals surface area contributed by atoms with E-state index in [4.69, 9.17) is 0 Å². The van der Waals surface area contributed by atoms with E-state index in [0.29, 0.717) is 0 Å². The summed E-state index contributed by atoms with van der Waals surface area (Å²) in [6.45, 7) is 19.2. The minimum atomic E-state index is -0.202. The molecule has 0 unspecified atom stereocenters. The first-order valence-corrected chi connectivity index (χ1v) is 45.8. The highest BCUT2D eigenvalue weighted by atomic mass is 15.1. The van der Waals surface area contributed by atoms with Crippen LogP contribution in [0.1, 0.15) is 99.9 Å². The second-order valence-corrected chi connectivity index (χ2v) is 37.9. The van der Waals surface area contributed by atoms with Gasteiger partial charge in [-0.2, -0.15) is 0 Å². The van der Waals surface area contributed by atoms with E-state index in [1.807, 2.05) is 0 Å². The van der Waals surface area contributed by atoms with Gasteiger partial charge >= 0.3 is 0 Å². The Morgan fingerprint density at radius 2 is 0.346 bits per heavy atom. The third kappa shape index (κ3) is 13.5.